The molecule has 7 nitrogen and oxygen atoms in total. The molecule has 8 heteroatoms. The molecule has 2 aromatic rings. The predicted molar refractivity (Wildman–Crippen MR) is 118 cm³/mol. The second-order valence-electron chi connectivity index (χ2n) is 6.90. The van der Waals surface area contributed by atoms with Gasteiger partial charge in [0, 0.05) is 10.0 Å². The molecule has 0 radical (unpaired) electrons. The molecule has 0 aliphatic heterocycles. The lowest BCUT2D eigenvalue weighted by molar-refractivity contribution is -0.133. The van der Waals surface area contributed by atoms with Gasteiger partial charge in [-0.1, -0.05) is 60.5 Å². The number of hydrogen-bond donors (Lipinski definition) is 3. The maximum absolute atomic E-state index is 12.7. The quantitative estimate of drug-likeness (QED) is 0.510. The lowest BCUT2D eigenvalue weighted by Crippen LogP contribution is -2.56. The van der Waals surface area contributed by atoms with E-state index in [1.807, 2.05) is 26.0 Å². The zero-order chi connectivity index (χ0) is 22.1. The van der Waals surface area contributed by atoms with E-state index in [1.54, 1.807) is 49.4 Å². The summed E-state index contributed by atoms with van der Waals surface area (Å²) < 4.78 is 6.40. The molecule has 0 aliphatic rings. The Hall–Kier alpha value is -2.87. The van der Waals surface area contributed by atoms with Crippen molar-refractivity contribution in [3.8, 4) is 5.75 Å². The summed E-state index contributed by atoms with van der Waals surface area (Å²) in [5, 5.41) is 2.74. The van der Waals surface area contributed by atoms with Crippen molar-refractivity contribution in [1.29, 1.82) is 0 Å². The summed E-state index contributed by atoms with van der Waals surface area (Å²) in [7, 11) is 0. The van der Waals surface area contributed by atoms with Crippen LogP contribution in [-0.4, -0.2) is 29.9 Å². The Kier molecular flexibility index (Phi) is 8.86. The number of hydrogen-bond acceptors (Lipinski definition) is 4. The van der Waals surface area contributed by atoms with Gasteiger partial charge < -0.3 is 10.1 Å². The second-order valence-corrected chi connectivity index (χ2v) is 7.81. The SMILES string of the molecule is CC[C@H](C)[C@H](NC(=O)c1ccccc1)C(=O)NNC(=O)[C@H](C)Oc1cccc(Br)c1. The van der Waals surface area contributed by atoms with Gasteiger partial charge in [-0.25, -0.2) is 0 Å². The van der Waals surface area contributed by atoms with Crippen molar-refractivity contribution in [2.45, 2.75) is 39.3 Å². The molecule has 0 unspecified atom stereocenters. The van der Waals surface area contributed by atoms with Crippen LogP contribution < -0.4 is 20.9 Å². The van der Waals surface area contributed by atoms with Gasteiger partial charge in [0.1, 0.15) is 11.8 Å². The molecule has 3 atom stereocenters. The van der Waals surface area contributed by atoms with Crippen LogP contribution in [0.1, 0.15) is 37.6 Å². The minimum Gasteiger partial charge on any atom is -0.481 e. The molecule has 0 heterocycles. The number of nitrogens with one attached hydrogen (secondary N) is 3. The average Bonchev–Trinajstić information content (AvgIpc) is 2.75. The lowest BCUT2D eigenvalue weighted by atomic mass is 9.98. The van der Waals surface area contributed by atoms with E-state index in [0.29, 0.717) is 17.7 Å². The number of amides is 3. The Morgan fingerprint density at radius 1 is 0.967 bits per heavy atom. The van der Waals surface area contributed by atoms with Crippen LogP contribution in [0.25, 0.3) is 0 Å². The monoisotopic (exact) mass is 475 g/mol. The summed E-state index contributed by atoms with van der Waals surface area (Å²) in [4.78, 5) is 37.4. The summed E-state index contributed by atoms with van der Waals surface area (Å²) in [6.45, 7) is 5.36. The van der Waals surface area contributed by atoms with Gasteiger partial charge in [0.05, 0.1) is 0 Å². The Morgan fingerprint density at radius 3 is 2.27 bits per heavy atom. The van der Waals surface area contributed by atoms with Crippen LogP contribution in [0.3, 0.4) is 0 Å². The van der Waals surface area contributed by atoms with Crippen LogP contribution in [0.15, 0.2) is 59.1 Å². The van der Waals surface area contributed by atoms with E-state index in [0.717, 1.165) is 4.47 Å². The number of ether oxygens (including phenoxy) is 1. The van der Waals surface area contributed by atoms with Crippen molar-refractivity contribution >= 4 is 33.7 Å². The van der Waals surface area contributed by atoms with Gasteiger partial charge in [-0.15, -0.1) is 0 Å². The van der Waals surface area contributed by atoms with E-state index in [2.05, 4.69) is 32.1 Å². The molecule has 160 valence electrons. The Labute approximate surface area is 184 Å². The van der Waals surface area contributed by atoms with Crippen molar-refractivity contribution in [1.82, 2.24) is 16.2 Å². The van der Waals surface area contributed by atoms with Crippen LogP contribution in [0.2, 0.25) is 0 Å². The van der Waals surface area contributed by atoms with Crippen LogP contribution in [0, 0.1) is 5.92 Å². The fourth-order valence-corrected chi connectivity index (χ4v) is 2.99. The molecule has 0 fully saturated rings. The van der Waals surface area contributed by atoms with E-state index < -0.39 is 24.0 Å². The molecule has 2 rings (SSSR count). The van der Waals surface area contributed by atoms with E-state index in [9.17, 15) is 14.4 Å². The molecule has 0 bridgehead atoms. The molecular formula is C22H26BrN3O4. The summed E-state index contributed by atoms with van der Waals surface area (Å²) in [5.74, 6) is -0.984. The molecule has 3 amide bonds. The smallest absolute Gasteiger partial charge is 0.279 e. The first-order valence-corrected chi connectivity index (χ1v) is 10.5. The molecule has 0 saturated carbocycles. The van der Waals surface area contributed by atoms with Crippen LogP contribution in [0.5, 0.6) is 5.75 Å². The van der Waals surface area contributed by atoms with Gasteiger partial charge >= 0.3 is 0 Å². The summed E-state index contributed by atoms with van der Waals surface area (Å²) >= 11 is 3.34. The number of carbonyl (C=O) groups is 3. The first kappa shape index (κ1) is 23.4. The fraction of sp³-hybridized carbons (Fsp3) is 0.318. The van der Waals surface area contributed by atoms with Crippen LogP contribution >= 0.6 is 15.9 Å². The van der Waals surface area contributed by atoms with E-state index in [-0.39, 0.29) is 11.8 Å². The lowest BCUT2D eigenvalue weighted by Gasteiger charge is -2.24. The number of benzene rings is 2. The number of rotatable bonds is 8. The number of halogens is 1. The maximum atomic E-state index is 12.7. The minimum atomic E-state index is -0.833. The molecule has 0 saturated heterocycles. The molecule has 0 aromatic heterocycles. The Balaban J connectivity index is 1.94. The highest BCUT2D eigenvalue weighted by atomic mass is 79.9. The number of hydrazine groups is 1. The summed E-state index contributed by atoms with van der Waals surface area (Å²) in [6.07, 6.45) is -0.163. The first-order chi connectivity index (χ1) is 14.3. The van der Waals surface area contributed by atoms with Crippen LogP contribution in [-0.2, 0) is 9.59 Å². The van der Waals surface area contributed by atoms with E-state index in [4.69, 9.17) is 4.74 Å². The molecule has 0 aliphatic carbocycles. The van der Waals surface area contributed by atoms with Crippen molar-refractivity contribution in [3.05, 3.63) is 64.6 Å². The fourth-order valence-electron chi connectivity index (χ4n) is 2.62. The van der Waals surface area contributed by atoms with Crippen LogP contribution in [0.4, 0.5) is 0 Å². The third kappa shape index (κ3) is 6.88. The van der Waals surface area contributed by atoms with Gasteiger partial charge in [0.15, 0.2) is 6.10 Å². The zero-order valence-corrected chi connectivity index (χ0v) is 18.7. The van der Waals surface area contributed by atoms with Gasteiger partial charge in [-0.3, -0.25) is 25.2 Å². The maximum Gasteiger partial charge on any atom is 0.279 e. The topological polar surface area (TPSA) is 96.5 Å². The van der Waals surface area contributed by atoms with Crippen molar-refractivity contribution < 1.29 is 19.1 Å². The van der Waals surface area contributed by atoms with E-state index >= 15 is 0 Å². The highest BCUT2D eigenvalue weighted by molar-refractivity contribution is 9.10. The third-order valence-corrected chi connectivity index (χ3v) is 5.10. The summed E-state index contributed by atoms with van der Waals surface area (Å²) in [5.41, 5.74) is 5.21. The van der Waals surface area contributed by atoms with Gasteiger partial charge in [-0.2, -0.15) is 0 Å². The van der Waals surface area contributed by atoms with Crippen molar-refractivity contribution in [2.75, 3.05) is 0 Å². The predicted octanol–water partition coefficient (Wildman–Crippen LogP) is 3.21. The van der Waals surface area contributed by atoms with Gasteiger partial charge in [0.2, 0.25) is 0 Å². The average molecular weight is 476 g/mol. The molecule has 2 aromatic carbocycles. The molecule has 30 heavy (non-hydrogen) atoms. The molecule has 0 spiro atoms. The minimum absolute atomic E-state index is 0.134. The largest absolute Gasteiger partial charge is 0.481 e. The molecule has 3 N–H and O–H groups in total. The van der Waals surface area contributed by atoms with Crippen molar-refractivity contribution in [3.63, 3.8) is 0 Å². The highest BCUT2D eigenvalue weighted by Crippen LogP contribution is 2.18. The highest BCUT2D eigenvalue weighted by Gasteiger charge is 2.27. The second kappa shape index (κ2) is 11.3. The van der Waals surface area contributed by atoms with E-state index in [1.165, 1.54) is 0 Å². The normalized spacial score (nSPS) is 13.5. The zero-order valence-electron chi connectivity index (χ0n) is 17.1. The molecular weight excluding hydrogens is 450 g/mol. The third-order valence-electron chi connectivity index (χ3n) is 4.61. The first-order valence-electron chi connectivity index (χ1n) is 9.69. The summed E-state index contributed by atoms with van der Waals surface area (Å²) in [6, 6.07) is 14.9. The van der Waals surface area contributed by atoms with Crippen molar-refractivity contribution in [2.24, 2.45) is 5.92 Å². The van der Waals surface area contributed by atoms with Gasteiger partial charge in [-0.05, 0) is 43.2 Å². The number of carbonyl (C=O) groups excluding carboxylic acids is 3. The Morgan fingerprint density at radius 2 is 1.63 bits per heavy atom. The Bertz CT molecular complexity index is 876. The standard InChI is InChI=1S/C22H26BrN3O4/c1-4-14(2)19(24-21(28)16-9-6-5-7-10-16)22(29)26-25-20(27)15(3)30-18-12-8-11-17(23)13-18/h5-15,19H,4H2,1-3H3,(H,24,28)(H,25,27)(H,26,29)/t14-,15-,19-/m0/s1. The van der Waals surface area contributed by atoms with Gasteiger partial charge in [0.25, 0.3) is 17.7 Å².